The number of nitrogens with zero attached hydrogens (tertiary/aromatic N) is 1. The zero-order valence-corrected chi connectivity index (χ0v) is 10.8. The topological polar surface area (TPSA) is 118 Å². The molecule has 0 unspecified atom stereocenters. The molecule has 0 aliphatic heterocycles. The molecule has 1 rings (SSSR count). The van der Waals surface area contributed by atoms with Crippen LogP contribution in [0.15, 0.2) is 28.0 Å². The van der Waals surface area contributed by atoms with Gasteiger partial charge in [0, 0.05) is 14.1 Å². The Morgan fingerprint density at radius 2 is 1.71 bits per heavy atom. The summed E-state index contributed by atoms with van der Waals surface area (Å²) in [5.74, 6) is 0. The predicted octanol–water partition coefficient (Wildman–Crippen LogP) is -0.234. The highest BCUT2D eigenvalue weighted by Crippen LogP contribution is 2.24. The van der Waals surface area contributed by atoms with Gasteiger partial charge in [0.25, 0.3) is 10.1 Å². The number of rotatable bonds is 3. The maximum absolute atomic E-state index is 11.8. The second kappa shape index (κ2) is 4.26. The smallest absolute Gasteiger partial charge is 0.294 e. The lowest BCUT2D eigenvalue weighted by molar-refractivity contribution is 0.483. The third kappa shape index (κ3) is 2.75. The molecule has 0 amide bonds. The van der Waals surface area contributed by atoms with Crippen molar-refractivity contribution in [1.29, 1.82) is 0 Å². The van der Waals surface area contributed by atoms with Crippen molar-refractivity contribution in [2.75, 3.05) is 19.8 Å². The molecule has 0 bridgehead atoms. The van der Waals surface area contributed by atoms with Crippen LogP contribution < -0.4 is 5.73 Å². The number of anilines is 1. The number of benzene rings is 1. The summed E-state index contributed by atoms with van der Waals surface area (Å²) in [5.41, 5.74) is 5.38. The van der Waals surface area contributed by atoms with E-state index < -0.39 is 25.0 Å². The van der Waals surface area contributed by atoms with Crippen LogP contribution in [0.5, 0.6) is 0 Å². The molecule has 9 heteroatoms. The molecule has 0 fully saturated rings. The second-order valence-electron chi connectivity index (χ2n) is 3.46. The lowest BCUT2D eigenvalue weighted by atomic mass is 10.3. The number of nitrogens with two attached hydrogens (primary N) is 1. The minimum absolute atomic E-state index is 0.0916. The fourth-order valence-electron chi connectivity index (χ4n) is 1.10. The summed E-state index contributed by atoms with van der Waals surface area (Å²) in [4.78, 5) is -0.884. The van der Waals surface area contributed by atoms with Crippen LogP contribution in [0, 0.1) is 0 Å². The summed E-state index contributed by atoms with van der Waals surface area (Å²) >= 11 is 0. The molecule has 0 spiro atoms. The van der Waals surface area contributed by atoms with Crippen LogP contribution in [0.25, 0.3) is 0 Å². The first kappa shape index (κ1) is 13.9. The summed E-state index contributed by atoms with van der Waals surface area (Å²) in [5, 5.41) is 0. The van der Waals surface area contributed by atoms with E-state index in [0.29, 0.717) is 0 Å². The summed E-state index contributed by atoms with van der Waals surface area (Å²) in [6, 6.07) is 2.96. The van der Waals surface area contributed by atoms with Gasteiger partial charge in [-0.05, 0) is 18.2 Å². The first-order valence-electron chi connectivity index (χ1n) is 4.36. The highest BCUT2D eigenvalue weighted by atomic mass is 32.2. The monoisotopic (exact) mass is 280 g/mol. The van der Waals surface area contributed by atoms with E-state index in [-0.39, 0.29) is 10.6 Å². The Bertz CT molecular complexity index is 634. The van der Waals surface area contributed by atoms with Crippen molar-refractivity contribution in [3.8, 4) is 0 Å². The van der Waals surface area contributed by atoms with Gasteiger partial charge in [-0.2, -0.15) is 8.42 Å². The first-order valence-corrected chi connectivity index (χ1v) is 7.24. The van der Waals surface area contributed by atoms with E-state index in [9.17, 15) is 16.8 Å². The average molecular weight is 280 g/mol. The Morgan fingerprint density at radius 1 is 1.18 bits per heavy atom. The third-order valence-electron chi connectivity index (χ3n) is 2.04. The molecule has 0 heterocycles. The van der Waals surface area contributed by atoms with Crippen molar-refractivity contribution < 1.29 is 21.4 Å². The van der Waals surface area contributed by atoms with Crippen LogP contribution in [0.4, 0.5) is 5.69 Å². The van der Waals surface area contributed by atoms with Gasteiger partial charge >= 0.3 is 0 Å². The summed E-state index contributed by atoms with van der Waals surface area (Å²) < 4.78 is 55.1. The molecule has 17 heavy (non-hydrogen) atoms. The standard InChI is InChI=1S/C8H12N2O5S2/c1-10(2)16(11,12)8-5-6(17(13,14)15)3-4-7(8)9/h3-5H,9H2,1-2H3,(H,13,14,15). The van der Waals surface area contributed by atoms with E-state index in [0.717, 1.165) is 22.5 Å². The molecule has 0 saturated carbocycles. The minimum Gasteiger partial charge on any atom is -0.398 e. The number of hydrogen-bond acceptors (Lipinski definition) is 5. The van der Waals surface area contributed by atoms with Crippen LogP contribution in [-0.4, -0.2) is 39.8 Å². The molecule has 0 atom stereocenters. The minimum atomic E-state index is -4.47. The molecule has 96 valence electrons. The Labute approximate surface area is 99.7 Å². The van der Waals surface area contributed by atoms with E-state index in [1.165, 1.54) is 14.1 Å². The van der Waals surface area contributed by atoms with E-state index in [1.807, 2.05) is 0 Å². The zero-order chi connectivity index (χ0) is 13.4. The molecule has 0 aromatic heterocycles. The molecule has 1 aromatic carbocycles. The fraction of sp³-hybridized carbons (Fsp3) is 0.250. The Hall–Kier alpha value is -1.16. The van der Waals surface area contributed by atoms with Gasteiger partial charge in [-0.3, -0.25) is 4.55 Å². The largest absolute Gasteiger partial charge is 0.398 e. The molecule has 7 nitrogen and oxygen atoms in total. The number of sulfonamides is 1. The van der Waals surface area contributed by atoms with Gasteiger partial charge in [-0.1, -0.05) is 0 Å². The Balaban J connectivity index is 3.57. The van der Waals surface area contributed by atoms with Gasteiger partial charge in [-0.15, -0.1) is 0 Å². The van der Waals surface area contributed by atoms with Crippen molar-refractivity contribution in [3.05, 3.63) is 18.2 Å². The van der Waals surface area contributed by atoms with Crippen molar-refractivity contribution in [1.82, 2.24) is 4.31 Å². The van der Waals surface area contributed by atoms with Crippen molar-refractivity contribution in [2.24, 2.45) is 0 Å². The quantitative estimate of drug-likeness (QED) is 0.583. The zero-order valence-electron chi connectivity index (χ0n) is 9.15. The molecular formula is C8H12N2O5S2. The van der Waals surface area contributed by atoms with Gasteiger partial charge in [-0.25, -0.2) is 12.7 Å². The van der Waals surface area contributed by atoms with Crippen LogP contribution >= 0.6 is 0 Å². The van der Waals surface area contributed by atoms with E-state index in [2.05, 4.69) is 0 Å². The molecule has 3 N–H and O–H groups in total. The number of hydrogen-bond donors (Lipinski definition) is 2. The molecule has 0 aliphatic rings. The Morgan fingerprint density at radius 3 is 2.12 bits per heavy atom. The summed E-state index contributed by atoms with van der Waals surface area (Å²) in [6.07, 6.45) is 0. The van der Waals surface area contributed by atoms with Crippen molar-refractivity contribution in [3.63, 3.8) is 0 Å². The van der Waals surface area contributed by atoms with Gasteiger partial charge in [0.15, 0.2) is 0 Å². The Kier molecular flexibility index (Phi) is 3.48. The van der Waals surface area contributed by atoms with Crippen molar-refractivity contribution >= 4 is 25.8 Å². The van der Waals surface area contributed by atoms with E-state index >= 15 is 0 Å². The number of nitrogen functional groups attached to an aromatic ring is 1. The van der Waals surface area contributed by atoms with Crippen LogP contribution in [0.1, 0.15) is 0 Å². The first-order chi connectivity index (χ1) is 7.56. The van der Waals surface area contributed by atoms with Crippen LogP contribution in [0.3, 0.4) is 0 Å². The second-order valence-corrected chi connectivity index (χ2v) is 7.00. The lowest BCUT2D eigenvalue weighted by Gasteiger charge is -2.13. The molecule has 1 aromatic rings. The van der Waals surface area contributed by atoms with Crippen LogP contribution in [0.2, 0.25) is 0 Å². The molecule has 0 radical (unpaired) electrons. The maximum atomic E-state index is 11.8. The SMILES string of the molecule is CN(C)S(=O)(=O)c1cc(S(=O)(=O)O)ccc1N. The molecule has 0 saturated heterocycles. The third-order valence-corrected chi connectivity index (χ3v) is 4.76. The molecule has 0 aliphatic carbocycles. The van der Waals surface area contributed by atoms with Gasteiger partial charge in [0.2, 0.25) is 10.0 Å². The normalized spacial score (nSPS) is 12.9. The van der Waals surface area contributed by atoms with Gasteiger partial charge in [0.1, 0.15) is 4.90 Å². The highest BCUT2D eigenvalue weighted by Gasteiger charge is 2.23. The highest BCUT2D eigenvalue weighted by molar-refractivity contribution is 7.89. The summed E-state index contributed by atoms with van der Waals surface area (Å²) in [6.45, 7) is 0. The fourth-order valence-corrected chi connectivity index (χ4v) is 2.71. The van der Waals surface area contributed by atoms with Gasteiger partial charge < -0.3 is 5.73 Å². The molecular weight excluding hydrogens is 268 g/mol. The maximum Gasteiger partial charge on any atom is 0.294 e. The van der Waals surface area contributed by atoms with E-state index in [4.69, 9.17) is 10.3 Å². The predicted molar refractivity (Wildman–Crippen MR) is 61.5 cm³/mol. The summed E-state index contributed by atoms with van der Waals surface area (Å²) in [7, 11) is -5.75. The van der Waals surface area contributed by atoms with Gasteiger partial charge in [0.05, 0.1) is 10.6 Å². The van der Waals surface area contributed by atoms with Crippen molar-refractivity contribution in [2.45, 2.75) is 9.79 Å². The van der Waals surface area contributed by atoms with E-state index in [1.54, 1.807) is 0 Å². The average Bonchev–Trinajstić information content (AvgIpc) is 2.15. The van der Waals surface area contributed by atoms with Crippen LogP contribution in [-0.2, 0) is 20.1 Å². The lowest BCUT2D eigenvalue weighted by Crippen LogP contribution is -2.23.